The first-order chi connectivity index (χ1) is 8.24. The molecular formula is C13H11N3O. The molecule has 1 aromatic carbocycles. The normalized spacial score (nSPS) is 10.8. The highest BCUT2D eigenvalue weighted by molar-refractivity contribution is 5.69. The molecule has 84 valence electrons. The maximum atomic E-state index is 9.77. The number of rotatable bonds is 1. The van der Waals surface area contributed by atoms with Crippen molar-refractivity contribution in [3.63, 3.8) is 0 Å². The third kappa shape index (κ3) is 1.59. The lowest BCUT2D eigenvalue weighted by molar-refractivity contribution is 0.477. The van der Waals surface area contributed by atoms with E-state index in [0.29, 0.717) is 5.69 Å². The van der Waals surface area contributed by atoms with Gasteiger partial charge in [-0.25, -0.2) is 4.98 Å². The van der Waals surface area contributed by atoms with E-state index in [9.17, 15) is 5.11 Å². The van der Waals surface area contributed by atoms with Gasteiger partial charge in [0.05, 0.1) is 5.69 Å². The summed E-state index contributed by atoms with van der Waals surface area (Å²) in [6, 6.07) is 10.8. The SMILES string of the molecule is Nc1ccc2nc(-c3ccccc3O)cn2c1. The summed E-state index contributed by atoms with van der Waals surface area (Å²) in [5, 5.41) is 9.77. The summed E-state index contributed by atoms with van der Waals surface area (Å²) >= 11 is 0. The van der Waals surface area contributed by atoms with Crippen LogP contribution in [-0.2, 0) is 0 Å². The van der Waals surface area contributed by atoms with Crippen LogP contribution in [0.2, 0.25) is 0 Å². The minimum atomic E-state index is 0.226. The van der Waals surface area contributed by atoms with Crippen molar-refractivity contribution in [1.82, 2.24) is 9.38 Å². The fourth-order valence-electron chi connectivity index (χ4n) is 1.83. The second kappa shape index (κ2) is 3.52. The van der Waals surface area contributed by atoms with Gasteiger partial charge in [-0.3, -0.25) is 0 Å². The van der Waals surface area contributed by atoms with Crippen LogP contribution in [0.3, 0.4) is 0 Å². The largest absolute Gasteiger partial charge is 0.507 e. The number of pyridine rings is 1. The number of hydrogen-bond donors (Lipinski definition) is 2. The molecule has 4 nitrogen and oxygen atoms in total. The van der Waals surface area contributed by atoms with E-state index in [2.05, 4.69) is 4.98 Å². The van der Waals surface area contributed by atoms with E-state index in [1.54, 1.807) is 24.4 Å². The van der Waals surface area contributed by atoms with Gasteiger partial charge < -0.3 is 15.2 Å². The Morgan fingerprint density at radius 3 is 2.71 bits per heavy atom. The molecule has 0 saturated heterocycles. The maximum Gasteiger partial charge on any atom is 0.137 e. The number of nitrogens with zero attached hydrogens (tertiary/aromatic N) is 2. The van der Waals surface area contributed by atoms with Crippen molar-refractivity contribution in [3.05, 3.63) is 48.8 Å². The van der Waals surface area contributed by atoms with Crippen molar-refractivity contribution in [1.29, 1.82) is 0 Å². The van der Waals surface area contributed by atoms with E-state index in [4.69, 9.17) is 5.73 Å². The highest BCUT2D eigenvalue weighted by Gasteiger charge is 2.07. The van der Waals surface area contributed by atoms with Gasteiger partial charge in [0.15, 0.2) is 0 Å². The molecule has 4 heteroatoms. The van der Waals surface area contributed by atoms with Crippen molar-refractivity contribution in [3.8, 4) is 17.0 Å². The van der Waals surface area contributed by atoms with Gasteiger partial charge in [-0.2, -0.15) is 0 Å². The van der Waals surface area contributed by atoms with Gasteiger partial charge in [0.25, 0.3) is 0 Å². The van der Waals surface area contributed by atoms with Crippen LogP contribution in [-0.4, -0.2) is 14.5 Å². The summed E-state index contributed by atoms with van der Waals surface area (Å²) in [7, 11) is 0. The number of anilines is 1. The Labute approximate surface area is 98.0 Å². The van der Waals surface area contributed by atoms with Crippen LogP contribution in [0.1, 0.15) is 0 Å². The Hall–Kier alpha value is -2.49. The van der Waals surface area contributed by atoms with E-state index >= 15 is 0 Å². The first-order valence-electron chi connectivity index (χ1n) is 5.26. The van der Waals surface area contributed by atoms with E-state index in [0.717, 1.165) is 16.9 Å². The van der Waals surface area contributed by atoms with Crippen LogP contribution >= 0.6 is 0 Å². The van der Waals surface area contributed by atoms with Crippen LogP contribution < -0.4 is 5.73 Å². The number of hydrogen-bond acceptors (Lipinski definition) is 3. The molecule has 0 aliphatic rings. The Morgan fingerprint density at radius 2 is 1.88 bits per heavy atom. The fourth-order valence-corrected chi connectivity index (χ4v) is 1.83. The summed E-state index contributed by atoms with van der Waals surface area (Å²) < 4.78 is 1.84. The lowest BCUT2D eigenvalue weighted by Crippen LogP contribution is -1.88. The molecule has 3 rings (SSSR count). The zero-order chi connectivity index (χ0) is 11.8. The predicted octanol–water partition coefficient (Wildman–Crippen LogP) is 2.29. The fraction of sp³-hybridized carbons (Fsp3) is 0. The average Bonchev–Trinajstić information content (AvgIpc) is 2.72. The zero-order valence-electron chi connectivity index (χ0n) is 9.04. The summed E-state index contributed by atoms with van der Waals surface area (Å²) in [5.74, 6) is 0.226. The van der Waals surface area contributed by atoms with Gasteiger partial charge in [0.1, 0.15) is 11.4 Å². The molecule has 0 bridgehead atoms. The highest BCUT2D eigenvalue weighted by Crippen LogP contribution is 2.28. The molecule has 0 atom stereocenters. The van der Waals surface area contributed by atoms with Crippen LogP contribution in [0, 0.1) is 0 Å². The number of nitrogens with two attached hydrogens (primary N) is 1. The maximum absolute atomic E-state index is 9.77. The van der Waals surface area contributed by atoms with Gasteiger partial charge in [-0.1, -0.05) is 12.1 Å². The molecule has 0 aliphatic carbocycles. The van der Waals surface area contributed by atoms with Crippen molar-refractivity contribution in [2.45, 2.75) is 0 Å². The number of aromatic hydroxyl groups is 1. The van der Waals surface area contributed by atoms with Gasteiger partial charge in [-0.15, -0.1) is 0 Å². The second-order valence-electron chi connectivity index (χ2n) is 3.87. The summed E-state index contributed by atoms with van der Waals surface area (Å²) in [6.45, 7) is 0. The minimum Gasteiger partial charge on any atom is -0.507 e. The Morgan fingerprint density at radius 1 is 1.06 bits per heavy atom. The summed E-state index contributed by atoms with van der Waals surface area (Å²) in [4.78, 5) is 4.43. The van der Waals surface area contributed by atoms with Gasteiger partial charge >= 0.3 is 0 Å². The minimum absolute atomic E-state index is 0.226. The molecule has 2 aromatic heterocycles. The summed E-state index contributed by atoms with van der Waals surface area (Å²) in [6.07, 6.45) is 3.65. The smallest absolute Gasteiger partial charge is 0.137 e. The lowest BCUT2D eigenvalue weighted by Gasteiger charge is -1.98. The van der Waals surface area contributed by atoms with Crippen molar-refractivity contribution >= 4 is 11.3 Å². The molecule has 0 unspecified atom stereocenters. The van der Waals surface area contributed by atoms with E-state index in [-0.39, 0.29) is 5.75 Å². The Kier molecular flexibility index (Phi) is 2.01. The second-order valence-corrected chi connectivity index (χ2v) is 3.87. The first-order valence-corrected chi connectivity index (χ1v) is 5.26. The number of aromatic nitrogens is 2. The highest BCUT2D eigenvalue weighted by atomic mass is 16.3. The Bertz CT molecular complexity index is 688. The van der Waals surface area contributed by atoms with Gasteiger partial charge in [0, 0.05) is 23.6 Å². The lowest BCUT2D eigenvalue weighted by atomic mass is 10.1. The first kappa shape index (κ1) is 9.72. The molecule has 3 aromatic rings. The molecular weight excluding hydrogens is 214 g/mol. The monoisotopic (exact) mass is 225 g/mol. The van der Waals surface area contributed by atoms with E-state index in [1.807, 2.05) is 28.8 Å². The Balaban J connectivity index is 2.22. The van der Waals surface area contributed by atoms with E-state index in [1.165, 1.54) is 0 Å². The van der Waals surface area contributed by atoms with Gasteiger partial charge in [-0.05, 0) is 24.3 Å². The molecule has 0 amide bonds. The molecule has 0 fully saturated rings. The van der Waals surface area contributed by atoms with Crippen LogP contribution in [0.4, 0.5) is 5.69 Å². The van der Waals surface area contributed by atoms with Gasteiger partial charge in [0.2, 0.25) is 0 Å². The van der Waals surface area contributed by atoms with Crippen molar-refractivity contribution in [2.75, 3.05) is 5.73 Å². The average molecular weight is 225 g/mol. The molecule has 0 saturated carbocycles. The van der Waals surface area contributed by atoms with Crippen LogP contribution in [0.25, 0.3) is 16.9 Å². The number of phenols is 1. The van der Waals surface area contributed by atoms with Crippen molar-refractivity contribution < 1.29 is 5.11 Å². The summed E-state index contributed by atoms with van der Waals surface area (Å²) in [5.41, 5.74) is 8.63. The standard InChI is InChI=1S/C13H11N3O/c14-9-5-6-13-15-11(8-16(13)7-9)10-3-1-2-4-12(10)17/h1-8,17H,14H2. The third-order valence-electron chi connectivity index (χ3n) is 2.65. The predicted molar refractivity (Wildman–Crippen MR) is 66.7 cm³/mol. The van der Waals surface area contributed by atoms with E-state index < -0.39 is 0 Å². The molecule has 0 aliphatic heterocycles. The molecule has 3 N–H and O–H groups in total. The van der Waals surface area contributed by atoms with Crippen molar-refractivity contribution in [2.24, 2.45) is 0 Å². The number of benzene rings is 1. The molecule has 0 radical (unpaired) electrons. The zero-order valence-corrected chi connectivity index (χ0v) is 9.04. The van der Waals surface area contributed by atoms with Crippen LogP contribution in [0.5, 0.6) is 5.75 Å². The topological polar surface area (TPSA) is 63.5 Å². The molecule has 17 heavy (non-hydrogen) atoms. The number of para-hydroxylation sites is 1. The molecule has 2 heterocycles. The van der Waals surface area contributed by atoms with Crippen LogP contribution in [0.15, 0.2) is 48.8 Å². The quantitative estimate of drug-likeness (QED) is 0.667. The number of phenolic OH excluding ortho intramolecular Hbond substituents is 1. The molecule has 0 spiro atoms. The number of nitrogen functional groups attached to an aromatic ring is 1. The number of fused-ring (bicyclic) bond motifs is 1. The number of imidazole rings is 1. The third-order valence-corrected chi connectivity index (χ3v) is 2.65.